The first kappa shape index (κ1) is 30.2. The summed E-state index contributed by atoms with van der Waals surface area (Å²) in [6.07, 6.45) is 1.63. The summed E-state index contributed by atoms with van der Waals surface area (Å²) in [6, 6.07) is 18.2. The standard InChI is InChI=1S/C32H37FN2O5S/c1-4-40-32(37)25-14-16-35(17-15-25)31(36)20-23-8-11-29(12-9-23)34-41(38,39)30-13-10-26(22(2)3)21-27(30)18-24-6-5-7-28(33)19-24/h5-13,19,21-22,25,34H,4,14-18,20H2,1-3H3. The Morgan fingerprint density at radius 2 is 1.71 bits per heavy atom. The minimum absolute atomic E-state index is 0.0344. The van der Waals surface area contributed by atoms with Gasteiger partial charge < -0.3 is 9.64 Å². The van der Waals surface area contributed by atoms with E-state index in [2.05, 4.69) is 4.72 Å². The molecule has 0 spiro atoms. The molecule has 1 aliphatic heterocycles. The first-order valence-electron chi connectivity index (χ1n) is 14.0. The summed E-state index contributed by atoms with van der Waals surface area (Å²) in [7, 11) is -3.94. The Labute approximate surface area is 241 Å². The maximum absolute atomic E-state index is 13.8. The van der Waals surface area contributed by atoms with Crippen LogP contribution in [0.25, 0.3) is 0 Å². The minimum atomic E-state index is -3.94. The van der Waals surface area contributed by atoms with Gasteiger partial charge in [0.15, 0.2) is 0 Å². The number of hydrogen-bond donors (Lipinski definition) is 1. The van der Waals surface area contributed by atoms with E-state index >= 15 is 0 Å². The zero-order valence-electron chi connectivity index (χ0n) is 23.7. The predicted molar refractivity (Wildman–Crippen MR) is 157 cm³/mol. The molecule has 0 unspecified atom stereocenters. The van der Waals surface area contributed by atoms with Crippen LogP contribution >= 0.6 is 0 Å². The first-order valence-corrected chi connectivity index (χ1v) is 15.5. The van der Waals surface area contributed by atoms with E-state index in [1.807, 2.05) is 19.9 Å². The Balaban J connectivity index is 1.43. The molecular formula is C32H37FN2O5S. The fourth-order valence-electron chi connectivity index (χ4n) is 5.04. The van der Waals surface area contributed by atoms with Gasteiger partial charge in [0.05, 0.1) is 23.8 Å². The van der Waals surface area contributed by atoms with Crippen molar-refractivity contribution in [1.82, 2.24) is 4.90 Å². The van der Waals surface area contributed by atoms with Gasteiger partial charge in [-0.2, -0.15) is 0 Å². The molecule has 1 fully saturated rings. The summed E-state index contributed by atoms with van der Waals surface area (Å²) in [4.78, 5) is 26.7. The first-order chi connectivity index (χ1) is 19.6. The highest BCUT2D eigenvalue weighted by Gasteiger charge is 2.28. The van der Waals surface area contributed by atoms with E-state index in [9.17, 15) is 22.4 Å². The van der Waals surface area contributed by atoms with E-state index < -0.39 is 10.0 Å². The van der Waals surface area contributed by atoms with Gasteiger partial charge in [0.25, 0.3) is 10.0 Å². The maximum Gasteiger partial charge on any atom is 0.309 e. The van der Waals surface area contributed by atoms with Crippen molar-refractivity contribution >= 4 is 27.6 Å². The highest BCUT2D eigenvalue weighted by atomic mass is 32.2. The van der Waals surface area contributed by atoms with Crippen LogP contribution < -0.4 is 4.72 Å². The molecule has 9 heteroatoms. The number of nitrogens with one attached hydrogen (secondary N) is 1. The molecule has 3 aromatic rings. The number of ether oxygens (including phenoxy) is 1. The lowest BCUT2D eigenvalue weighted by atomic mass is 9.96. The number of halogens is 1. The van der Waals surface area contributed by atoms with Crippen LogP contribution in [0.4, 0.5) is 10.1 Å². The van der Waals surface area contributed by atoms with Crippen LogP contribution in [0.5, 0.6) is 0 Å². The number of hydrogen-bond acceptors (Lipinski definition) is 5. The Morgan fingerprint density at radius 1 is 1.00 bits per heavy atom. The molecule has 3 aromatic carbocycles. The number of amides is 1. The van der Waals surface area contributed by atoms with Gasteiger partial charge in [0.2, 0.25) is 5.91 Å². The van der Waals surface area contributed by atoms with Crippen LogP contribution in [0.1, 0.15) is 61.8 Å². The molecule has 1 saturated heterocycles. The third kappa shape index (κ3) is 7.94. The molecule has 1 N–H and O–H groups in total. The smallest absolute Gasteiger partial charge is 0.309 e. The van der Waals surface area contributed by atoms with Crippen molar-refractivity contribution in [3.05, 3.63) is 94.8 Å². The van der Waals surface area contributed by atoms with Crippen LogP contribution in [0.15, 0.2) is 71.6 Å². The highest BCUT2D eigenvalue weighted by Crippen LogP contribution is 2.27. The molecule has 218 valence electrons. The molecule has 0 bridgehead atoms. The van der Waals surface area contributed by atoms with E-state index in [4.69, 9.17) is 4.74 Å². The minimum Gasteiger partial charge on any atom is -0.466 e. The molecule has 7 nitrogen and oxygen atoms in total. The van der Waals surface area contributed by atoms with E-state index in [1.165, 1.54) is 12.1 Å². The summed E-state index contributed by atoms with van der Waals surface area (Å²) < 4.78 is 48.5. The van der Waals surface area contributed by atoms with E-state index in [0.717, 1.165) is 11.1 Å². The lowest BCUT2D eigenvalue weighted by molar-refractivity contribution is -0.151. The van der Waals surface area contributed by atoms with Gasteiger partial charge in [-0.25, -0.2) is 12.8 Å². The number of likely N-dealkylation sites (tertiary alicyclic amines) is 1. The summed E-state index contributed by atoms with van der Waals surface area (Å²) in [5.41, 5.74) is 3.40. The third-order valence-corrected chi connectivity index (χ3v) is 8.84. The number of nitrogens with zero attached hydrogens (tertiary/aromatic N) is 1. The summed E-state index contributed by atoms with van der Waals surface area (Å²) in [5.74, 6) is -0.570. The van der Waals surface area contributed by atoms with Crippen molar-refractivity contribution in [2.24, 2.45) is 5.92 Å². The topological polar surface area (TPSA) is 92.8 Å². The van der Waals surface area contributed by atoms with Crippen molar-refractivity contribution < 1.29 is 27.1 Å². The van der Waals surface area contributed by atoms with Crippen LogP contribution in [0.3, 0.4) is 0 Å². The van der Waals surface area contributed by atoms with Crippen molar-refractivity contribution in [2.45, 2.75) is 57.3 Å². The zero-order valence-corrected chi connectivity index (χ0v) is 24.5. The number of piperidine rings is 1. The molecule has 1 amide bonds. The van der Waals surface area contributed by atoms with E-state index in [-0.39, 0.29) is 47.3 Å². The molecule has 4 rings (SSSR count). The van der Waals surface area contributed by atoms with E-state index in [1.54, 1.807) is 60.4 Å². The number of sulfonamides is 1. The van der Waals surface area contributed by atoms with Crippen molar-refractivity contribution in [3.63, 3.8) is 0 Å². The molecular weight excluding hydrogens is 543 g/mol. The zero-order chi connectivity index (χ0) is 29.6. The second-order valence-corrected chi connectivity index (χ2v) is 12.4. The number of carbonyl (C=O) groups is 2. The lowest BCUT2D eigenvalue weighted by Crippen LogP contribution is -2.41. The van der Waals surface area contributed by atoms with Gasteiger partial charge in [-0.15, -0.1) is 0 Å². The largest absolute Gasteiger partial charge is 0.466 e. The van der Waals surface area contributed by atoms with Crippen LogP contribution in [0.2, 0.25) is 0 Å². The van der Waals surface area contributed by atoms with Crippen molar-refractivity contribution in [2.75, 3.05) is 24.4 Å². The predicted octanol–water partition coefficient (Wildman–Crippen LogP) is 5.68. The van der Waals surface area contributed by atoms with Gasteiger partial charge in [-0.05, 0) is 84.7 Å². The number of rotatable bonds is 10. The second kappa shape index (κ2) is 13.3. The molecule has 0 radical (unpaired) electrons. The van der Waals surface area contributed by atoms with Crippen molar-refractivity contribution in [3.8, 4) is 0 Å². The van der Waals surface area contributed by atoms with Gasteiger partial charge in [0, 0.05) is 18.8 Å². The molecule has 0 aromatic heterocycles. The normalized spacial score (nSPS) is 14.2. The third-order valence-electron chi connectivity index (χ3n) is 7.35. The fourth-order valence-corrected chi connectivity index (χ4v) is 6.32. The van der Waals surface area contributed by atoms with Gasteiger partial charge >= 0.3 is 5.97 Å². The van der Waals surface area contributed by atoms with Crippen LogP contribution in [-0.2, 0) is 37.2 Å². The Hall–Kier alpha value is -3.72. The lowest BCUT2D eigenvalue weighted by Gasteiger charge is -2.31. The molecule has 1 aliphatic rings. The highest BCUT2D eigenvalue weighted by molar-refractivity contribution is 7.92. The van der Waals surface area contributed by atoms with Crippen molar-refractivity contribution in [1.29, 1.82) is 0 Å². The summed E-state index contributed by atoms with van der Waals surface area (Å²) in [5, 5.41) is 0. The number of benzene rings is 3. The molecule has 0 saturated carbocycles. The summed E-state index contributed by atoms with van der Waals surface area (Å²) >= 11 is 0. The quantitative estimate of drug-likeness (QED) is 0.311. The second-order valence-electron chi connectivity index (χ2n) is 10.7. The Morgan fingerprint density at radius 3 is 2.34 bits per heavy atom. The fraction of sp³-hybridized carbons (Fsp3) is 0.375. The number of anilines is 1. The number of esters is 1. The maximum atomic E-state index is 13.8. The molecule has 1 heterocycles. The van der Waals surface area contributed by atoms with Crippen LogP contribution in [0, 0.1) is 11.7 Å². The Kier molecular flexibility index (Phi) is 9.81. The molecule has 0 aliphatic carbocycles. The molecule has 41 heavy (non-hydrogen) atoms. The SMILES string of the molecule is CCOC(=O)C1CCN(C(=O)Cc2ccc(NS(=O)(=O)c3ccc(C(C)C)cc3Cc3cccc(F)c3)cc2)CC1. The molecule has 0 atom stereocenters. The monoisotopic (exact) mass is 580 g/mol. The van der Waals surface area contributed by atoms with Gasteiger partial charge in [-0.3, -0.25) is 14.3 Å². The summed E-state index contributed by atoms with van der Waals surface area (Å²) in [6.45, 7) is 7.21. The van der Waals surface area contributed by atoms with Gasteiger partial charge in [0.1, 0.15) is 5.82 Å². The number of carbonyl (C=O) groups excluding carboxylic acids is 2. The van der Waals surface area contributed by atoms with E-state index in [0.29, 0.717) is 49.4 Å². The van der Waals surface area contributed by atoms with Gasteiger partial charge in [-0.1, -0.05) is 50.2 Å². The average Bonchev–Trinajstić information content (AvgIpc) is 2.94. The van der Waals surface area contributed by atoms with Crippen LogP contribution in [-0.4, -0.2) is 44.9 Å². The Bertz CT molecular complexity index is 1480. The average molecular weight is 581 g/mol.